The average Bonchev–Trinajstić information content (AvgIpc) is 3.31. The van der Waals surface area contributed by atoms with E-state index in [1.54, 1.807) is 6.07 Å². The predicted octanol–water partition coefficient (Wildman–Crippen LogP) is 4.13. The molecule has 28 heavy (non-hydrogen) atoms. The van der Waals surface area contributed by atoms with Gasteiger partial charge in [0.2, 0.25) is 0 Å². The molecule has 0 aliphatic carbocycles. The minimum absolute atomic E-state index is 0.183. The standard InChI is InChI=1S/C19H22ClF3N4O/c1-13-4-5-14(15(20)10-13)12-27(9-8-26-6-2-3-7-26)18(28)16-11-17(25-24-16)19(21,22)23/h4-5,10-11H,2-3,6-9,12H2,1H3,(H,24,25). The van der Waals surface area contributed by atoms with Crippen molar-refractivity contribution in [1.29, 1.82) is 0 Å². The van der Waals surface area contributed by atoms with Gasteiger partial charge in [0.25, 0.3) is 5.91 Å². The van der Waals surface area contributed by atoms with Crippen molar-refractivity contribution in [3.8, 4) is 0 Å². The molecule has 1 aliphatic rings. The van der Waals surface area contributed by atoms with Crippen LogP contribution >= 0.6 is 11.6 Å². The van der Waals surface area contributed by atoms with Crippen LogP contribution in [0.25, 0.3) is 0 Å². The van der Waals surface area contributed by atoms with E-state index in [1.807, 2.05) is 19.1 Å². The van der Waals surface area contributed by atoms with Crippen LogP contribution in [0.1, 0.15) is 40.2 Å². The third-order valence-electron chi connectivity index (χ3n) is 4.84. The van der Waals surface area contributed by atoms with E-state index < -0.39 is 17.8 Å². The maximum Gasteiger partial charge on any atom is 0.435 e. The largest absolute Gasteiger partial charge is 0.435 e. The fourth-order valence-electron chi connectivity index (χ4n) is 3.25. The lowest BCUT2D eigenvalue weighted by molar-refractivity contribution is -0.141. The minimum atomic E-state index is -4.60. The molecule has 0 saturated carbocycles. The highest BCUT2D eigenvalue weighted by Gasteiger charge is 2.35. The number of amides is 1. The van der Waals surface area contributed by atoms with Crippen molar-refractivity contribution in [2.45, 2.75) is 32.5 Å². The second-order valence-electron chi connectivity index (χ2n) is 7.03. The molecule has 0 radical (unpaired) electrons. The summed E-state index contributed by atoms with van der Waals surface area (Å²) in [6.07, 6.45) is -2.36. The number of hydrogen-bond acceptors (Lipinski definition) is 3. The summed E-state index contributed by atoms with van der Waals surface area (Å²) in [6, 6.07) is 6.28. The number of aromatic nitrogens is 2. The number of likely N-dealkylation sites (tertiary alicyclic amines) is 1. The van der Waals surface area contributed by atoms with Crippen LogP contribution in [0.2, 0.25) is 5.02 Å². The number of H-pyrrole nitrogens is 1. The van der Waals surface area contributed by atoms with Gasteiger partial charge in [0, 0.05) is 30.7 Å². The van der Waals surface area contributed by atoms with Crippen molar-refractivity contribution >= 4 is 17.5 Å². The Morgan fingerprint density at radius 2 is 2.00 bits per heavy atom. The lowest BCUT2D eigenvalue weighted by Gasteiger charge is -2.25. The Kier molecular flexibility index (Phi) is 6.30. The van der Waals surface area contributed by atoms with Gasteiger partial charge in [0.15, 0.2) is 5.69 Å². The molecule has 5 nitrogen and oxygen atoms in total. The molecule has 1 N–H and O–H groups in total. The topological polar surface area (TPSA) is 52.2 Å². The van der Waals surface area contributed by atoms with Gasteiger partial charge < -0.3 is 9.80 Å². The van der Waals surface area contributed by atoms with Crippen LogP contribution in [0.5, 0.6) is 0 Å². The summed E-state index contributed by atoms with van der Waals surface area (Å²) in [5, 5.41) is 5.98. The zero-order valence-corrected chi connectivity index (χ0v) is 16.3. The van der Waals surface area contributed by atoms with Crippen LogP contribution in [0.15, 0.2) is 24.3 Å². The molecule has 0 bridgehead atoms. The van der Waals surface area contributed by atoms with Crippen LogP contribution < -0.4 is 0 Å². The van der Waals surface area contributed by atoms with E-state index in [9.17, 15) is 18.0 Å². The second kappa shape index (κ2) is 8.53. The van der Waals surface area contributed by atoms with Gasteiger partial charge in [0.1, 0.15) is 5.69 Å². The summed E-state index contributed by atoms with van der Waals surface area (Å²) in [6.45, 7) is 5.12. The van der Waals surface area contributed by atoms with Gasteiger partial charge in [-0.1, -0.05) is 23.7 Å². The number of halogens is 4. The molecule has 2 heterocycles. The van der Waals surface area contributed by atoms with Crippen molar-refractivity contribution in [2.24, 2.45) is 0 Å². The number of carbonyl (C=O) groups is 1. The second-order valence-corrected chi connectivity index (χ2v) is 7.44. The Labute approximate surface area is 166 Å². The molecule has 0 spiro atoms. The number of nitrogens with zero attached hydrogens (tertiary/aromatic N) is 3. The van der Waals surface area contributed by atoms with Crippen LogP contribution in [0.3, 0.4) is 0 Å². The molecule has 1 aromatic carbocycles. The highest BCUT2D eigenvalue weighted by atomic mass is 35.5. The molecular formula is C19H22ClF3N4O. The molecule has 1 saturated heterocycles. The Balaban J connectivity index is 1.79. The summed E-state index contributed by atoms with van der Waals surface area (Å²) in [5.74, 6) is -0.529. The highest BCUT2D eigenvalue weighted by molar-refractivity contribution is 6.31. The van der Waals surface area contributed by atoms with Crippen molar-refractivity contribution in [2.75, 3.05) is 26.2 Å². The highest BCUT2D eigenvalue weighted by Crippen LogP contribution is 2.28. The fraction of sp³-hybridized carbons (Fsp3) is 0.474. The van der Waals surface area contributed by atoms with Gasteiger partial charge in [-0.25, -0.2) is 0 Å². The molecule has 9 heteroatoms. The minimum Gasteiger partial charge on any atom is -0.332 e. The number of aryl methyl sites for hydroxylation is 1. The molecule has 0 atom stereocenters. The van der Waals surface area contributed by atoms with Crippen LogP contribution in [0, 0.1) is 6.92 Å². The van der Waals surface area contributed by atoms with E-state index in [2.05, 4.69) is 15.1 Å². The first-order valence-electron chi connectivity index (χ1n) is 9.13. The third-order valence-corrected chi connectivity index (χ3v) is 5.19. The van der Waals surface area contributed by atoms with E-state index >= 15 is 0 Å². The van der Waals surface area contributed by atoms with Crippen LogP contribution in [0.4, 0.5) is 13.2 Å². The summed E-state index contributed by atoms with van der Waals surface area (Å²) in [5.41, 5.74) is 0.449. The first-order valence-corrected chi connectivity index (χ1v) is 9.51. The van der Waals surface area contributed by atoms with E-state index in [-0.39, 0.29) is 12.2 Å². The Morgan fingerprint density at radius 1 is 1.29 bits per heavy atom. The fourth-order valence-corrected chi connectivity index (χ4v) is 3.55. The summed E-state index contributed by atoms with van der Waals surface area (Å²) in [4.78, 5) is 16.7. The van der Waals surface area contributed by atoms with Crippen LogP contribution in [-0.2, 0) is 12.7 Å². The average molecular weight is 415 g/mol. The van der Waals surface area contributed by atoms with Gasteiger partial charge >= 0.3 is 6.18 Å². The number of hydrogen-bond donors (Lipinski definition) is 1. The maximum absolute atomic E-state index is 12.9. The molecule has 1 aromatic heterocycles. The number of alkyl halides is 3. The normalized spacial score (nSPS) is 15.2. The zero-order valence-electron chi connectivity index (χ0n) is 15.5. The Hall–Kier alpha value is -2.06. The molecule has 1 aliphatic heterocycles. The lowest BCUT2D eigenvalue weighted by atomic mass is 10.1. The molecule has 2 aromatic rings. The number of carbonyl (C=O) groups excluding carboxylic acids is 1. The molecule has 1 amide bonds. The summed E-state index contributed by atoms with van der Waals surface area (Å²) < 4.78 is 38.5. The molecule has 0 unspecified atom stereocenters. The number of benzene rings is 1. The van der Waals surface area contributed by atoms with Crippen LogP contribution in [-0.4, -0.2) is 52.1 Å². The first kappa shape index (κ1) is 20.7. The van der Waals surface area contributed by atoms with Crippen molar-refractivity contribution in [3.63, 3.8) is 0 Å². The maximum atomic E-state index is 12.9. The molecule has 152 valence electrons. The Morgan fingerprint density at radius 3 is 2.61 bits per heavy atom. The first-order chi connectivity index (χ1) is 13.2. The van der Waals surface area contributed by atoms with Crippen molar-refractivity contribution < 1.29 is 18.0 Å². The van der Waals surface area contributed by atoms with Crippen molar-refractivity contribution in [3.05, 3.63) is 51.8 Å². The van der Waals surface area contributed by atoms with E-state index in [0.29, 0.717) is 18.1 Å². The van der Waals surface area contributed by atoms with E-state index in [0.717, 1.165) is 43.1 Å². The van der Waals surface area contributed by atoms with Gasteiger partial charge in [-0.2, -0.15) is 18.3 Å². The monoisotopic (exact) mass is 414 g/mol. The number of nitrogens with one attached hydrogen (secondary N) is 1. The smallest absolute Gasteiger partial charge is 0.332 e. The van der Waals surface area contributed by atoms with Gasteiger partial charge in [-0.05, 0) is 50.0 Å². The van der Waals surface area contributed by atoms with Crippen molar-refractivity contribution in [1.82, 2.24) is 20.0 Å². The van der Waals surface area contributed by atoms with E-state index in [4.69, 9.17) is 11.6 Å². The Bertz CT molecular complexity index is 831. The molecular weight excluding hydrogens is 393 g/mol. The van der Waals surface area contributed by atoms with Gasteiger partial charge in [0.05, 0.1) is 0 Å². The lowest BCUT2D eigenvalue weighted by Crippen LogP contribution is -2.37. The number of aromatic amines is 1. The predicted molar refractivity (Wildman–Crippen MR) is 100 cm³/mol. The molecule has 1 fully saturated rings. The van der Waals surface area contributed by atoms with Gasteiger partial charge in [-0.3, -0.25) is 9.89 Å². The van der Waals surface area contributed by atoms with E-state index in [1.165, 1.54) is 4.90 Å². The number of rotatable bonds is 6. The SMILES string of the molecule is Cc1ccc(CN(CCN2CCCC2)C(=O)c2cc(C(F)(F)F)n[nH]2)c(Cl)c1. The zero-order chi connectivity index (χ0) is 20.3. The third kappa shape index (κ3) is 5.05. The molecule has 3 rings (SSSR count). The van der Waals surface area contributed by atoms with Gasteiger partial charge in [-0.15, -0.1) is 0 Å². The summed E-state index contributed by atoms with van der Waals surface area (Å²) in [7, 11) is 0. The quantitative estimate of drug-likeness (QED) is 0.773. The summed E-state index contributed by atoms with van der Waals surface area (Å²) >= 11 is 6.30.